The number of piperazine rings is 1. The van der Waals surface area contributed by atoms with Crippen LogP contribution in [0.5, 0.6) is 0 Å². The van der Waals surface area contributed by atoms with Gasteiger partial charge >= 0.3 is 0 Å². The van der Waals surface area contributed by atoms with E-state index in [2.05, 4.69) is 4.90 Å². The van der Waals surface area contributed by atoms with E-state index in [1.165, 1.54) is 17.0 Å². The first-order valence-electron chi connectivity index (χ1n) is 9.71. The molecule has 4 rings (SSSR count). The number of amides is 2. The van der Waals surface area contributed by atoms with E-state index >= 15 is 0 Å². The van der Waals surface area contributed by atoms with Crippen LogP contribution in [0.2, 0.25) is 0 Å². The molecule has 2 fully saturated rings. The summed E-state index contributed by atoms with van der Waals surface area (Å²) in [6, 6.07) is 13.6. The molecular weight excluding hydrogens is 372 g/mol. The van der Waals surface area contributed by atoms with Crippen LogP contribution in [0.4, 0.5) is 17.1 Å². The lowest BCUT2D eigenvalue weighted by Gasteiger charge is -2.35. The molecule has 0 aliphatic carbocycles. The number of aryl methyl sites for hydroxylation is 1. The number of carbonyl (C=O) groups excluding carboxylic acids is 2. The molecule has 2 saturated heterocycles. The van der Waals surface area contributed by atoms with Gasteiger partial charge in [0.1, 0.15) is 0 Å². The van der Waals surface area contributed by atoms with E-state index in [0.29, 0.717) is 5.69 Å². The first-order chi connectivity index (χ1) is 13.9. The molecule has 0 spiro atoms. The number of non-ortho nitro benzene ring substituents is 1. The third kappa shape index (κ3) is 3.71. The van der Waals surface area contributed by atoms with E-state index < -0.39 is 4.92 Å². The van der Waals surface area contributed by atoms with Gasteiger partial charge in [0.05, 0.1) is 43.2 Å². The first-order valence-corrected chi connectivity index (χ1v) is 9.71. The van der Waals surface area contributed by atoms with E-state index in [1.807, 2.05) is 31.2 Å². The molecule has 0 aromatic heterocycles. The van der Waals surface area contributed by atoms with Crippen LogP contribution in [0.15, 0.2) is 48.5 Å². The zero-order chi connectivity index (χ0) is 20.5. The maximum absolute atomic E-state index is 13.0. The molecule has 2 amide bonds. The van der Waals surface area contributed by atoms with Gasteiger partial charge < -0.3 is 9.80 Å². The van der Waals surface area contributed by atoms with Gasteiger partial charge in [-0.2, -0.15) is 0 Å². The molecule has 2 heterocycles. The number of nitrogens with zero attached hydrogens (tertiary/aromatic N) is 3. The van der Waals surface area contributed by atoms with Crippen LogP contribution in [-0.4, -0.2) is 49.0 Å². The lowest BCUT2D eigenvalue weighted by Crippen LogP contribution is -3.19. The Morgan fingerprint density at radius 3 is 2.14 bits per heavy atom. The summed E-state index contributed by atoms with van der Waals surface area (Å²) in [6.45, 7) is 4.91. The minimum atomic E-state index is -0.408. The highest BCUT2D eigenvalue weighted by Gasteiger charge is 2.46. The third-order valence-electron chi connectivity index (χ3n) is 5.76. The molecule has 8 nitrogen and oxygen atoms in total. The third-order valence-corrected chi connectivity index (χ3v) is 5.76. The SMILES string of the molecule is Cc1ccc(N2C(=O)C[C@@H]([NH+]3CCN(c4ccc([N+](=O)[O-])cc4)CC3)C2=O)cc1. The number of anilines is 2. The van der Waals surface area contributed by atoms with Gasteiger partial charge in [-0.15, -0.1) is 0 Å². The predicted molar refractivity (Wildman–Crippen MR) is 108 cm³/mol. The second-order valence-electron chi connectivity index (χ2n) is 7.58. The van der Waals surface area contributed by atoms with Crippen LogP contribution in [0.3, 0.4) is 0 Å². The number of nitro groups is 1. The molecule has 2 aromatic rings. The Morgan fingerprint density at radius 1 is 0.966 bits per heavy atom. The second kappa shape index (κ2) is 7.63. The Balaban J connectivity index is 1.41. The van der Waals surface area contributed by atoms with Crippen molar-refractivity contribution in [2.24, 2.45) is 0 Å². The molecule has 0 bridgehead atoms. The van der Waals surface area contributed by atoms with Crippen LogP contribution < -0.4 is 14.7 Å². The van der Waals surface area contributed by atoms with Gasteiger partial charge in [-0.05, 0) is 31.2 Å². The fraction of sp³-hybridized carbons (Fsp3) is 0.333. The normalized spacial score (nSPS) is 20.4. The van der Waals surface area contributed by atoms with E-state index in [1.54, 1.807) is 12.1 Å². The number of nitro benzene ring substituents is 1. The average Bonchev–Trinajstić information content (AvgIpc) is 3.03. The predicted octanol–water partition coefficient (Wildman–Crippen LogP) is 0.940. The lowest BCUT2D eigenvalue weighted by molar-refractivity contribution is -0.915. The maximum Gasteiger partial charge on any atom is 0.292 e. The summed E-state index contributed by atoms with van der Waals surface area (Å²) >= 11 is 0. The van der Waals surface area contributed by atoms with Crippen molar-refractivity contribution in [3.05, 3.63) is 64.2 Å². The summed E-state index contributed by atoms with van der Waals surface area (Å²) in [4.78, 5) is 40.5. The zero-order valence-electron chi connectivity index (χ0n) is 16.2. The molecule has 0 radical (unpaired) electrons. The molecule has 2 aliphatic heterocycles. The number of hydrogen-bond donors (Lipinski definition) is 1. The maximum atomic E-state index is 13.0. The summed E-state index contributed by atoms with van der Waals surface area (Å²) in [5.41, 5.74) is 2.73. The van der Waals surface area contributed by atoms with Crippen molar-refractivity contribution >= 4 is 28.9 Å². The van der Waals surface area contributed by atoms with Crippen LogP contribution in [-0.2, 0) is 9.59 Å². The van der Waals surface area contributed by atoms with Crippen molar-refractivity contribution in [2.75, 3.05) is 36.0 Å². The fourth-order valence-electron chi connectivity index (χ4n) is 4.10. The van der Waals surface area contributed by atoms with Gasteiger partial charge in [-0.3, -0.25) is 19.7 Å². The highest BCUT2D eigenvalue weighted by Crippen LogP contribution is 2.23. The van der Waals surface area contributed by atoms with E-state index in [9.17, 15) is 19.7 Å². The number of quaternary nitrogens is 1. The van der Waals surface area contributed by atoms with Gasteiger partial charge in [-0.25, -0.2) is 4.90 Å². The topological polar surface area (TPSA) is 88.2 Å². The highest BCUT2D eigenvalue weighted by molar-refractivity contribution is 6.21. The van der Waals surface area contributed by atoms with Crippen LogP contribution in [0.1, 0.15) is 12.0 Å². The van der Waals surface area contributed by atoms with E-state index in [-0.39, 0.29) is 30.0 Å². The molecule has 0 saturated carbocycles. The van der Waals surface area contributed by atoms with E-state index in [4.69, 9.17) is 0 Å². The molecule has 2 aliphatic rings. The van der Waals surface area contributed by atoms with Crippen LogP contribution in [0, 0.1) is 17.0 Å². The molecule has 29 heavy (non-hydrogen) atoms. The molecule has 0 unspecified atom stereocenters. The number of hydrogen-bond acceptors (Lipinski definition) is 5. The monoisotopic (exact) mass is 395 g/mol. The summed E-state index contributed by atoms with van der Waals surface area (Å²) in [7, 11) is 0. The van der Waals surface area contributed by atoms with Crippen molar-refractivity contribution in [2.45, 2.75) is 19.4 Å². The van der Waals surface area contributed by atoms with Gasteiger partial charge in [-0.1, -0.05) is 17.7 Å². The van der Waals surface area contributed by atoms with Crippen molar-refractivity contribution < 1.29 is 19.4 Å². The van der Waals surface area contributed by atoms with Crippen molar-refractivity contribution in [1.82, 2.24) is 0 Å². The van der Waals surface area contributed by atoms with Crippen molar-refractivity contribution in [1.29, 1.82) is 0 Å². The van der Waals surface area contributed by atoms with Crippen molar-refractivity contribution in [3.8, 4) is 0 Å². The summed E-state index contributed by atoms with van der Waals surface area (Å²) < 4.78 is 0. The minimum Gasteiger partial charge on any atom is -0.360 e. The molecule has 1 N–H and O–H groups in total. The average molecular weight is 395 g/mol. The van der Waals surface area contributed by atoms with E-state index in [0.717, 1.165) is 42.3 Å². The Bertz CT molecular complexity index is 934. The summed E-state index contributed by atoms with van der Waals surface area (Å²) in [5.74, 6) is -0.271. The zero-order valence-corrected chi connectivity index (χ0v) is 16.2. The van der Waals surface area contributed by atoms with Crippen molar-refractivity contribution in [3.63, 3.8) is 0 Å². The smallest absolute Gasteiger partial charge is 0.292 e. The lowest BCUT2D eigenvalue weighted by atomic mass is 10.1. The number of benzene rings is 2. The summed E-state index contributed by atoms with van der Waals surface area (Å²) in [6.07, 6.45) is 0.236. The number of carbonyl (C=O) groups is 2. The number of rotatable bonds is 4. The highest BCUT2D eigenvalue weighted by atomic mass is 16.6. The van der Waals surface area contributed by atoms with Gasteiger partial charge in [0.25, 0.3) is 11.6 Å². The molecule has 8 heteroatoms. The quantitative estimate of drug-likeness (QED) is 0.473. The Labute approximate surface area is 168 Å². The van der Waals surface area contributed by atoms with Gasteiger partial charge in [0.15, 0.2) is 6.04 Å². The van der Waals surface area contributed by atoms with Crippen LogP contribution in [0.25, 0.3) is 0 Å². The van der Waals surface area contributed by atoms with Crippen LogP contribution >= 0.6 is 0 Å². The Hall–Kier alpha value is -3.26. The number of imide groups is 1. The standard InChI is InChI=1S/C21H22N4O4/c1-15-2-4-17(5-3-15)24-20(26)14-19(21(24)27)23-12-10-22(11-13-23)16-6-8-18(9-7-16)25(28)29/h2-9,19H,10-14H2,1H3/p+1/t19-/m1/s1. The largest absolute Gasteiger partial charge is 0.360 e. The second-order valence-corrected chi connectivity index (χ2v) is 7.58. The van der Waals surface area contributed by atoms with Gasteiger partial charge in [0, 0.05) is 17.8 Å². The Morgan fingerprint density at radius 2 is 1.55 bits per heavy atom. The first kappa shape index (κ1) is 19.1. The molecule has 1 atom stereocenters. The molecular formula is C21H23N4O4+. The molecule has 2 aromatic carbocycles. The minimum absolute atomic E-state index is 0.0734. The molecule has 150 valence electrons. The fourth-order valence-corrected chi connectivity index (χ4v) is 4.10. The van der Waals surface area contributed by atoms with Gasteiger partial charge in [0.2, 0.25) is 5.91 Å². The Kier molecular flexibility index (Phi) is 5.02. The summed E-state index contributed by atoms with van der Waals surface area (Å²) in [5, 5.41) is 10.8. The number of nitrogens with one attached hydrogen (secondary N) is 1.